The number of aromatic nitrogens is 3. The molecule has 0 saturated carbocycles. The van der Waals surface area contributed by atoms with Crippen LogP contribution in [-0.2, 0) is 26.7 Å². The molecule has 0 aliphatic rings. The number of aryl methyl sites for hydroxylation is 1. The predicted octanol–water partition coefficient (Wildman–Crippen LogP) is 2.40. The fourth-order valence-electron chi connectivity index (χ4n) is 2.04. The van der Waals surface area contributed by atoms with Crippen molar-refractivity contribution in [1.82, 2.24) is 25.0 Å². The van der Waals surface area contributed by atoms with Crippen molar-refractivity contribution in [2.24, 2.45) is 7.05 Å². The zero-order chi connectivity index (χ0) is 15.5. The molecule has 2 heterocycles. The van der Waals surface area contributed by atoms with Crippen LogP contribution in [0.2, 0.25) is 0 Å². The Balaban J connectivity index is 1.84. The lowest BCUT2D eigenvalue weighted by Gasteiger charge is -2.19. The first-order chi connectivity index (χ1) is 9.82. The minimum absolute atomic E-state index is 0.128. The molecule has 0 saturated heterocycles. The van der Waals surface area contributed by atoms with Crippen molar-refractivity contribution in [3.63, 3.8) is 0 Å². The van der Waals surface area contributed by atoms with E-state index in [0.717, 1.165) is 30.3 Å². The molecule has 2 rings (SSSR count). The van der Waals surface area contributed by atoms with E-state index in [1.165, 1.54) is 5.56 Å². The molecule has 2 aromatic heterocycles. The van der Waals surface area contributed by atoms with Gasteiger partial charge in [-0.2, -0.15) is 5.10 Å². The topological polar surface area (TPSA) is 46.0 Å². The van der Waals surface area contributed by atoms with Crippen LogP contribution in [0.1, 0.15) is 37.0 Å². The first-order valence-corrected chi connectivity index (χ1v) is 8.04. The number of hydrogen-bond acceptors (Lipinski definition) is 5. The second-order valence-electron chi connectivity index (χ2n) is 6.53. The highest BCUT2D eigenvalue weighted by atomic mass is 32.1. The summed E-state index contributed by atoms with van der Waals surface area (Å²) in [5, 5.41) is 11.0. The summed E-state index contributed by atoms with van der Waals surface area (Å²) in [5.41, 5.74) is 2.49. The van der Waals surface area contributed by atoms with Gasteiger partial charge in [0.2, 0.25) is 0 Å². The summed E-state index contributed by atoms with van der Waals surface area (Å²) >= 11 is 1.73. The van der Waals surface area contributed by atoms with Crippen LogP contribution in [0.25, 0.3) is 0 Å². The molecule has 0 aliphatic heterocycles. The molecule has 0 amide bonds. The SMILES string of the molecule is CN(Cc1cnn(C)c1)Cc1csc(CNC(C)(C)C)n1. The summed E-state index contributed by atoms with van der Waals surface area (Å²) in [7, 11) is 4.05. The predicted molar refractivity (Wildman–Crippen MR) is 87.1 cm³/mol. The van der Waals surface area contributed by atoms with Gasteiger partial charge < -0.3 is 5.32 Å². The van der Waals surface area contributed by atoms with Crippen molar-refractivity contribution >= 4 is 11.3 Å². The van der Waals surface area contributed by atoms with Gasteiger partial charge in [0.25, 0.3) is 0 Å². The summed E-state index contributed by atoms with van der Waals surface area (Å²) in [6.07, 6.45) is 3.96. The van der Waals surface area contributed by atoms with E-state index in [1.54, 1.807) is 11.3 Å². The lowest BCUT2D eigenvalue weighted by molar-refractivity contribution is 0.315. The van der Waals surface area contributed by atoms with Crippen molar-refractivity contribution < 1.29 is 0 Å². The maximum Gasteiger partial charge on any atom is 0.107 e. The number of hydrogen-bond donors (Lipinski definition) is 1. The Labute approximate surface area is 131 Å². The van der Waals surface area contributed by atoms with Crippen molar-refractivity contribution in [3.8, 4) is 0 Å². The quantitative estimate of drug-likeness (QED) is 0.890. The van der Waals surface area contributed by atoms with Crippen LogP contribution in [-0.4, -0.2) is 32.3 Å². The van der Waals surface area contributed by atoms with E-state index in [1.807, 2.05) is 17.9 Å². The monoisotopic (exact) mass is 307 g/mol. The van der Waals surface area contributed by atoms with Crippen molar-refractivity contribution in [2.45, 2.75) is 45.9 Å². The van der Waals surface area contributed by atoms with E-state index in [2.05, 4.69) is 54.7 Å². The fourth-order valence-corrected chi connectivity index (χ4v) is 2.77. The molecule has 0 aliphatic carbocycles. The first-order valence-electron chi connectivity index (χ1n) is 7.16. The minimum atomic E-state index is 0.128. The van der Waals surface area contributed by atoms with Gasteiger partial charge >= 0.3 is 0 Å². The Bertz CT molecular complexity index is 567. The third-order valence-electron chi connectivity index (χ3n) is 3.01. The molecule has 5 nitrogen and oxygen atoms in total. The Hall–Kier alpha value is -1.24. The molecule has 116 valence electrons. The Morgan fingerprint density at radius 1 is 1.33 bits per heavy atom. The molecule has 0 unspecified atom stereocenters. The van der Waals surface area contributed by atoms with Crippen LogP contribution in [0.5, 0.6) is 0 Å². The van der Waals surface area contributed by atoms with E-state index >= 15 is 0 Å². The molecule has 1 N–H and O–H groups in total. The number of nitrogens with one attached hydrogen (secondary N) is 1. The summed E-state index contributed by atoms with van der Waals surface area (Å²) in [6, 6.07) is 0. The van der Waals surface area contributed by atoms with Crippen LogP contribution in [0.4, 0.5) is 0 Å². The summed E-state index contributed by atoms with van der Waals surface area (Å²) in [6.45, 7) is 9.10. The molecule has 0 fully saturated rings. The molecule has 0 atom stereocenters. The summed E-state index contributed by atoms with van der Waals surface area (Å²) in [5.74, 6) is 0. The van der Waals surface area contributed by atoms with Crippen molar-refractivity contribution in [1.29, 1.82) is 0 Å². The van der Waals surface area contributed by atoms with Gasteiger partial charge in [-0.3, -0.25) is 9.58 Å². The first kappa shape index (κ1) is 16.1. The number of rotatable bonds is 6. The van der Waals surface area contributed by atoms with E-state index < -0.39 is 0 Å². The third-order valence-corrected chi connectivity index (χ3v) is 3.91. The highest BCUT2D eigenvalue weighted by Crippen LogP contribution is 2.13. The maximum absolute atomic E-state index is 4.69. The van der Waals surface area contributed by atoms with Crippen LogP contribution in [0.15, 0.2) is 17.8 Å². The summed E-state index contributed by atoms with van der Waals surface area (Å²) in [4.78, 5) is 6.95. The van der Waals surface area contributed by atoms with Crippen LogP contribution in [0.3, 0.4) is 0 Å². The van der Waals surface area contributed by atoms with Gasteiger partial charge in [0.1, 0.15) is 5.01 Å². The van der Waals surface area contributed by atoms with E-state index in [4.69, 9.17) is 4.98 Å². The molecule has 0 aromatic carbocycles. The largest absolute Gasteiger partial charge is 0.306 e. The average Bonchev–Trinajstić information content (AvgIpc) is 2.95. The minimum Gasteiger partial charge on any atom is -0.306 e. The zero-order valence-corrected chi connectivity index (χ0v) is 14.4. The Kier molecular flexibility index (Phi) is 5.13. The molecule has 0 radical (unpaired) electrons. The van der Waals surface area contributed by atoms with Crippen molar-refractivity contribution in [3.05, 3.63) is 34.0 Å². The van der Waals surface area contributed by atoms with Gasteiger partial charge in [0.15, 0.2) is 0 Å². The summed E-state index contributed by atoms with van der Waals surface area (Å²) < 4.78 is 1.84. The second-order valence-corrected chi connectivity index (χ2v) is 7.47. The smallest absolute Gasteiger partial charge is 0.107 e. The van der Waals surface area contributed by atoms with Gasteiger partial charge in [-0.05, 0) is 27.8 Å². The normalized spacial score (nSPS) is 12.3. The van der Waals surface area contributed by atoms with Gasteiger partial charge in [-0.1, -0.05) is 0 Å². The third kappa shape index (κ3) is 5.57. The highest BCUT2D eigenvalue weighted by molar-refractivity contribution is 7.09. The van der Waals surface area contributed by atoms with Gasteiger partial charge in [-0.15, -0.1) is 11.3 Å². The molecule has 2 aromatic rings. The molecular formula is C15H25N5S. The van der Waals surface area contributed by atoms with Crippen molar-refractivity contribution in [2.75, 3.05) is 7.05 Å². The Morgan fingerprint density at radius 3 is 2.71 bits per heavy atom. The lowest BCUT2D eigenvalue weighted by atomic mass is 10.1. The van der Waals surface area contributed by atoms with Crippen LogP contribution in [0, 0.1) is 0 Å². The van der Waals surface area contributed by atoms with E-state index in [-0.39, 0.29) is 5.54 Å². The van der Waals surface area contributed by atoms with Gasteiger partial charge in [-0.25, -0.2) is 4.98 Å². The highest BCUT2D eigenvalue weighted by Gasteiger charge is 2.11. The standard InChI is InChI=1S/C15H25N5S/c1-15(2,3)16-7-14-18-13(11-21-14)10-19(4)8-12-6-17-20(5)9-12/h6,9,11,16H,7-8,10H2,1-5H3. The molecule has 0 spiro atoms. The number of thiazole rings is 1. The maximum atomic E-state index is 4.69. The fraction of sp³-hybridized carbons (Fsp3) is 0.600. The number of nitrogens with zero attached hydrogens (tertiary/aromatic N) is 4. The van der Waals surface area contributed by atoms with Gasteiger partial charge in [0.05, 0.1) is 11.9 Å². The zero-order valence-electron chi connectivity index (χ0n) is 13.6. The molecule has 21 heavy (non-hydrogen) atoms. The van der Waals surface area contributed by atoms with E-state index in [0.29, 0.717) is 0 Å². The molecule has 0 bridgehead atoms. The van der Waals surface area contributed by atoms with E-state index in [9.17, 15) is 0 Å². The lowest BCUT2D eigenvalue weighted by Crippen LogP contribution is -2.35. The molecule has 6 heteroatoms. The van der Waals surface area contributed by atoms with Crippen LogP contribution >= 0.6 is 11.3 Å². The Morgan fingerprint density at radius 2 is 2.10 bits per heavy atom. The van der Waals surface area contributed by atoms with Crippen LogP contribution < -0.4 is 5.32 Å². The second kappa shape index (κ2) is 6.68. The van der Waals surface area contributed by atoms with Gasteiger partial charge in [0, 0.05) is 49.4 Å². The molecular weight excluding hydrogens is 282 g/mol. The average molecular weight is 307 g/mol.